The Morgan fingerprint density at radius 2 is 2.39 bits per heavy atom. The number of thioether (sulfide) groups is 1. The molecule has 0 aliphatic heterocycles. The molecule has 0 unspecified atom stereocenters. The van der Waals surface area contributed by atoms with Gasteiger partial charge >= 0.3 is 11.7 Å². The summed E-state index contributed by atoms with van der Waals surface area (Å²) in [6.45, 7) is 1.52. The zero-order valence-electron chi connectivity index (χ0n) is 9.34. The van der Waals surface area contributed by atoms with Crippen LogP contribution in [0.3, 0.4) is 0 Å². The van der Waals surface area contributed by atoms with Crippen LogP contribution in [0.5, 0.6) is 0 Å². The van der Waals surface area contributed by atoms with Crippen molar-refractivity contribution in [3.05, 3.63) is 39.8 Å². The molecule has 0 aromatic carbocycles. The van der Waals surface area contributed by atoms with E-state index in [-0.39, 0.29) is 16.3 Å². The fraction of sp³-hybridized carbons (Fsp3) is 0.200. The van der Waals surface area contributed by atoms with E-state index in [0.29, 0.717) is 5.75 Å². The molecule has 0 aliphatic carbocycles. The first-order chi connectivity index (χ1) is 8.58. The number of aryl methyl sites for hydroxylation is 1. The minimum Gasteiger partial charge on any atom is -0.478 e. The van der Waals surface area contributed by atoms with Crippen molar-refractivity contribution in [1.82, 2.24) is 15.1 Å². The first-order valence-electron chi connectivity index (χ1n) is 4.93. The van der Waals surface area contributed by atoms with Crippen molar-refractivity contribution in [2.45, 2.75) is 17.7 Å². The van der Waals surface area contributed by atoms with E-state index < -0.39 is 11.7 Å². The van der Waals surface area contributed by atoms with Gasteiger partial charge in [0.2, 0.25) is 0 Å². The van der Waals surface area contributed by atoms with Crippen molar-refractivity contribution in [3.63, 3.8) is 0 Å². The number of aromatic carboxylic acids is 1. The molecule has 2 N–H and O–H groups in total. The second-order valence-corrected chi connectivity index (χ2v) is 4.44. The molecule has 0 bridgehead atoms. The highest BCUT2D eigenvalue weighted by atomic mass is 32.2. The molecule has 94 valence electrons. The van der Waals surface area contributed by atoms with Crippen LogP contribution in [0.15, 0.2) is 26.8 Å². The molecule has 0 spiro atoms. The standard InChI is InChI=1S/C10H9N3O4S/c1-5-7(9(14)15)8(13-10(16)12-5)18-4-6-2-11-17-3-6/h2-3H,4H2,1H3,(H,14,15)(H,12,13,16). The van der Waals surface area contributed by atoms with E-state index in [0.717, 1.165) is 17.3 Å². The van der Waals surface area contributed by atoms with Crippen LogP contribution in [0.25, 0.3) is 0 Å². The monoisotopic (exact) mass is 267 g/mol. The van der Waals surface area contributed by atoms with E-state index in [2.05, 4.69) is 19.6 Å². The summed E-state index contributed by atoms with van der Waals surface area (Å²) in [6, 6.07) is 0. The van der Waals surface area contributed by atoms with E-state index in [1.807, 2.05) is 0 Å². The number of hydrogen-bond acceptors (Lipinski definition) is 6. The van der Waals surface area contributed by atoms with Crippen molar-refractivity contribution < 1.29 is 14.4 Å². The quantitative estimate of drug-likeness (QED) is 0.629. The third-order valence-corrected chi connectivity index (χ3v) is 3.21. The molecule has 2 rings (SSSR count). The first kappa shape index (κ1) is 12.4. The maximum Gasteiger partial charge on any atom is 0.346 e. The van der Waals surface area contributed by atoms with E-state index in [1.54, 1.807) is 0 Å². The van der Waals surface area contributed by atoms with Gasteiger partial charge in [-0.2, -0.15) is 4.98 Å². The highest BCUT2D eigenvalue weighted by Gasteiger charge is 2.17. The van der Waals surface area contributed by atoms with Crippen LogP contribution in [-0.4, -0.2) is 26.2 Å². The molecule has 0 atom stereocenters. The number of nitrogens with zero attached hydrogens (tertiary/aromatic N) is 2. The van der Waals surface area contributed by atoms with Gasteiger partial charge in [0.1, 0.15) is 16.9 Å². The molecule has 0 radical (unpaired) electrons. The molecule has 0 fully saturated rings. The van der Waals surface area contributed by atoms with Gasteiger partial charge in [-0.25, -0.2) is 9.59 Å². The Balaban J connectivity index is 2.31. The number of H-pyrrole nitrogens is 1. The number of aromatic nitrogens is 3. The average Bonchev–Trinajstić information content (AvgIpc) is 2.77. The largest absolute Gasteiger partial charge is 0.478 e. The van der Waals surface area contributed by atoms with E-state index >= 15 is 0 Å². The average molecular weight is 267 g/mol. The summed E-state index contributed by atoms with van der Waals surface area (Å²) in [4.78, 5) is 28.4. The van der Waals surface area contributed by atoms with Gasteiger partial charge in [0.05, 0.1) is 6.20 Å². The van der Waals surface area contributed by atoms with Crippen molar-refractivity contribution in [2.24, 2.45) is 0 Å². The van der Waals surface area contributed by atoms with Crippen LogP contribution < -0.4 is 5.69 Å². The van der Waals surface area contributed by atoms with E-state index in [4.69, 9.17) is 5.11 Å². The molecular weight excluding hydrogens is 258 g/mol. The maximum atomic E-state index is 11.2. The lowest BCUT2D eigenvalue weighted by Crippen LogP contribution is -2.18. The molecular formula is C10H9N3O4S. The summed E-state index contributed by atoms with van der Waals surface area (Å²) < 4.78 is 4.66. The smallest absolute Gasteiger partial charge is 0.346 e. The topological polar surface area (TPSA) is 109 Å². The van der Waals surface area contributed by atoms with Crippen LogP contribution >= 0.6 is 11.8 Å². The van der Waals surface area contributed by atoms with Gasteiger partial charge < -0.3 is 14.6 Å². The number of carbonyl (C=O) groups is 1. The van der Waals surface area contributed by atoms with Gasteiger partial charge in [0, 0.05) is 17.0 Å². The predicted octanol–water partition coefficient (Wildman–Crippen LogP) is 1.06. The van der Waals surface area contributed by atoms with Crippen molar-refractivity contribution in [3.8, 4) is 0 Å². The highest BCUT2D eigenvalue weighted by Crippen LogP contribution is 2.24. The molecule has 2 aromatic heterocycles. The second kappa shape index (κ2) is 5.05. The maximum absolute atomic E-state index is 11.2. The van der Waals surface area contributed by atoms with Crippen molar-refractivity contribution in [2.75, 3.05) is 0 Å². The Morgan fingerprint density at radius 3 is 3.00 bits per heavy atom. The minimum absolute atomic E-state index is 0.0102. The molecule has 2 aromatic rings. The lowest BCUT2D eigenvalue weighted by molar-refractivity contribution is 0.0690. The van der Waals surface area contributed by atoms with E-state index in [1.165, 1.54) is 19.4 Å². The van der Waals surface area contributed by atoms with Crippen LogP contribution in [0.4, 0.5) is 0 Å². The van der Waals surface area contributed by atoms with E-state index in [9.17, 15) is 9.59 Å². The Morgan fingerprint density at radius 1 is 1.61 bits per heavy atom. The Kier molecular flexibility index (Phi) is 3.47. The summed E-state index contributed by atoms with van der Waals surface area (Å²) >= 11 is 1.15. The summed E-state index contributed by atoms with van der Waals surface area (Å²) in [5.41, 5.74) is 0.521. The predicted molar refractivity (Wildman–Crippen MR) is 62.6 cm³/mol. The lowest BCUT2D eigenvalue weighted by atomic mass is 10.2. The number of aromatic amines is 1. The Bertz CT molecular complexity index is 621. The summed E-state index contributed by atoms with van der Waals surface area (Å²) in [5.74, 6) is -0.691. The molecule has 18 heavy (non-hydrogen) atoms. The van der Waals surface area contributed by atoms with Gasteiger partial charge in [-0.3, -0.25) is 0 Å². The molecule has 0 amide bonds. The van der Waals surface area contributed by atoms with Crippen LogP contribution in [-0.2, 0) is 5.75 Å². The summed E-state index contributed by atoms with van der Waals surface area (Å²) in [7, 11) is 0. The zero-order valence-corrected chi connectivity index (χ0v) is 10.2. The van der Waals surface area contributed by atoms with Gasteiger partial charge in [-0.05, 0) is 6.92 Å². The summed E-state index contributed by atoms with van der Waals surface area (Å²) in [6.07, 6.45) is 2.97. The Labute approximate surface area is 105 Å². The summed E-state index contributed by atoms with van der Waals surface area (Å²) in [5, 5.41) is 12.8. The molecule has 0 saturated carbocycles. The molecule has 2 heterocycles. The normalized spacial score (nSPS) is 10.5. The van der Waals surface area contributed by atoms with Gasteiger partial charge in [-0.15, -0.1) is 11.8 Å². The van der Waals surface area contributed by atoms with Crippen LogP contribution in [0.2, 0.25) is 0 Å². The lowest BCUT2D eigenvalue weighted by Gasteiger charge is -2.05. The third-order valence-electron chi connectivity index (χ3n) is 2.16. The number of carboxylic acid groups (broad SMARTS) is 1. The van der Waals surface area contributed by atoms with Crippen LogP contribution in [0, 0.1) is 6.92 Å². The van der Waals surface area contributed by atoms with Gasteiger partial charge in [0.25, 0.3) is 0 Å². The second-order valence-electron chi connectivity index (χ2n) is 3.47. The number of carboxylic acids is 1. The molecule has 0 saturated heterocycles. The number of rotatable bonds is 4. The number of hydrogen-bond donors (Lipinski definition) is 2. The molecule has 8 heteroatoms. The zero-order chi connectivity index (χ0) is 13.1. The SMILES string of the molecule is Cc1[nH]c(=O)nc(SCc2cnoc2)c1C(=O)O. The minimum atomic E-state index is -1.12. The molecule has 0 aliphatic rings. The van der Waals surface area contributed by atoms with Gasteiger partial charge in [0.15, 0.2) is 0 Å². The first-order valence-corrected chi connectivity index (χ1v) is 5.91. The molecule has 7 nitrogen and oxygen atoms in total. The number of nitrogens with one attached hydrogen (secondary N) is 1. The Hall–Kier alpha value is -2.09. The fourth-order valence-electron chi connectivity index (χ4n) is 1.37. The van der Waals surface area contributed by atoms with Crippen LogP contribution in [0.1, 0.15) is 21.6 Å². The third kappa shape index (κ3) is 2.59. The van der Waals surface area contributed by atoms with Crippen molar-refractivity contribution in [1.29, 1.82) is 0 Å². The van der Waals surface area contributed by atoms with Gasteiger partial charge in [-0.1, -0.05) is 5.16 Å². The fourth-order valence-corrected chi connectivity index (χ4v) is 2.34. The van der Waals surface area contributed by atoms with Crippen molar-refractivity contribution >= 4 is 17.7 Å². The highest BCUT2D eigenvalue weighted by molar-refractivity contribution is 7.98.